The minimum atomic E-state index is -0.949. The topological polar surface area (TPSA) is 121 Å². The van der Waals surface area contributed by atoms with Gasteiger partial charge < -0.3 is 10.4 Å². The van der Waals surface area contributed by atoms with Crippen LogP contribution in [-0.2, 0) is 16.1 Å². The van der Waals surface area contributed by atoms with E-state index in [-0.39, 0.29) is 30.9 Å². The number of amides is 1. The van der Waals surface area contributed by atoms with E-state index in [9.17, 15) is 19.2 Å². The van der Waals surface area contributed by atoms with E-state index in [4.69, 9.17) is 5.11 Å². The van der Waals surface area contributed by atoms with Crippen molar-refractivity contribution in [1.82, 2.24) is 15.1 Å². The lowest BCUT2D eigenvalue weighted by Gasteiger charge is -2.41. The number of rotatable bonds is 6. The summed E-state index contributed by atoms with van der Waals surface area (Å²) in [6, 6.07) is 6.49. The van der Waals surface area contributed by atoms with Gasteiger partial charge in [-0.25, -0.2) is 4.68 Å². The number of aromatic amines is 1. The molecule has 0 spiro atoms. The van der Waals surface area contributed by atoms with Crippen LogP contribution in [0.5, 0.6) is 0 Å². The number of aryl methyl sites for hydroxylation is 1. The molecule has 1 aromatic carbocycles. The van der Waals surface area contributed by atoms with Crippen molar-refractivity contribution in [3.63, 3.8) is 0 Å². The van der Waals surface area contributed by atoms with Crippen molar-refractivity contribution >= 4 is 22.6 Å². The Hall–Kier alpha value is -2.90. The lowest BCUT2D eigenvalue weighted by Crippen LogP contribution is -2.54. The largest absolute Gasteiger partial charge is 0.481 e. The summed E-state index contributed by atoms with van der Waals surface area (Å²) >= 11 is 0. The van der Waals surface area contributed by atoms with Crippen LogP contribution in [-0.4, -0.2) is 32.3 Å². The van der Waals surface area contributed by atoms with Gasteiger partial charge in [0.05, 0.1) is 29.3 Å². The van der Waals surface area contributed by atoms with Crippen LogP contribution in [0.3, 0.4) is 0 Å². The lowest BCUT2D eigenvalue weighted by molar-refractivity contribution is -0.140. The fourth-order valence-corrected chi connectivity index (χ4v) is 3.21. The third-order valence-electron chi connectivity index (χ3n) is 4.65. The van der Waals surface area contributed by atoms with E-state index in [1.165, 1.54) is 0 Å². The van der Waals surface area contributed by atoms with E-state index >= 15 is 0 Å². The average molecular weight is 345 g/mol. The van der Waals surface area contributed by atoms with Crippen LogP contribution in [0.15, 0.2) is 33.9 Å². The van der Waals surface area contributed by atoms with Crippen LogP contribution in [0.2, 0.25) is 0 Å². The highest BCUT2D eigenvalue weighted by molar-refractivity contribution is 5.80. The highest BCUT2D eigenvalue weighted by Gasteiger charge is 2.40. The third-order valence-corrected chi connectivity index (χ3v) is 4.65. The van der Waals surface area contributed by atoms with Crippen LogP contribution < -0.4 is 16.4 Å². The fourth-order valence-electron chi connectivity index (χ4n) is 3.21. The molecule has 3 N–H and O–H groups in total. The summed E-state index contributed by atoms with van der Waals surface area (Å²) in [5.41, 5.74) is -1.44. The predicted molar refractivity (Wildman–Crippen MR) is 90.4 cm³/mol. The van der Waals surface area contributed by atoms with Crippen molar-refractivity contribution in [3.05, 3.63) is 45.0 Å². The monoisotopic (exact) mass is 345 g/mol. The molecule has 1 heterocycles. The molecule has 1 fully saturated rings. The summed E-state index contributed by atoms with van der Waals surface area (Å²) in [5.74, 6) is -1.28. The Morgan fingerprint density at radius 3 is 2.48 bits per heavy atom. The van der Waals surface area contributed by atoms with Crippen molar-refractivity contribution in [2.75, 3.05) is 0 Å². The van der Waals surface area contributed by atoms with E-state index in [1.807, 2.05) is 0 Å². The minimum Gasteiger partial charge on any atom is -0.481 e. The van der Waals surface area contributed by atoms with Gasteiger partial charge in [0.1, 0.15) is 0 Å². The standard InChI is InChI=1S/C17H19N3O5/c21-13(18-17(7-3-8-17)10-14(22)23)6-9-20-16(25)12-5-2-1-4-11(12)15(24)19-20/h1-2,4-5H,3,6-10H2,(H,18,21)(H,19,24)(H,22,23). The molecule has 0 aliphatic heterocycles. The number of carbonyl (C=O) groups excluding carboxylic acids is 1. The van der Waals surface area contributed by atoms with Gasteiger partial charge >= 0.3 is 5.97 Å². The molecular formula is C17H19N3O5. The molecule has 0 atom stereocenters. The zero-order valence-electron chi connectivity index (χ0n) is 13.6. The maximum atomic E-state index is 12.4. The molecule has 1 amide bonds. The number of hydrogen-bond donors (Lipinski definition) is 3. The predicted octanol–water partition coefficient (Wildman–Crippen LogP) is 0.593. The van der Waals surface area contributed by atoms with Crippen molar-refractivity contribution in [2.45, 2.75) is 44.2 Å². The number of aromatic nitrogens is 2. The van der Waals surface area contributed by atoms with E-state index in [1.54, 1.807) is 24.3 Å². The van der Waals surface area contributed by atoms with Crippen molar-refractivity contribution in [3.8, 4) is 0 Å². The Bertz CT molecular complexity index is 939. The zero-order chi connectivity index (χ0) is 18.0. The normalized spacial score (nSPS) is 15.5. The van der Waals surface area contributed by atoms with Crippen molar-refractivity contribution in [1.29, 1.82) is 0 Å². The van der Waals surface area contributed by atoms with Crippen molar-refractivity contribution in [2.24, 2.45) is 0 Å². The number of nitrogens with one attached hydrogen (secondary N) is 2. The number of benzene rings is 1. The smallest absolute Gasteiger partial charge is 0.305 e. The molecule has 0 radical (unpaired) electrons. The highest BCUT2D eigenvalue weighted by atomic mass is 16.4. The molecule has 1 aliphatic carbocycles. The first-order chi connectivity index (χ1) is 11.9. The molecule has 25 heavy (non-hydrogen) atoms. The summed E-state index contributed by atoms with van der Waals surface area (Å²) < 4.78 is 1.12. The van der Waals surface area contributed by atoms with Gasteiger partial charge in [0.2, 0.25) is 5.91 Å². The lowest BCUT2D eigenvalue weighted by atomic mass is 9.74. The van der Waals surface area contributed by atoms with E-state index in [0.29, 0.717) is 23.6 Å². The summed E-state index contributed by atoms with van der Waals surface area (Å²) in [5, 5.41) is 14.8. The minimum absolute atomic E-state index is 0.0183. The molecule has 1 aromatic heterocycles. The molecular weight excluding hydrogens is 326 g/mol. The molecule has 3 rings (SSSR count). The summed E-state index contributed by atoms with van der Waals surface area (Å²) in [7, 11) is 0. The molecule has 1 saturated carbocycles. The molecule has 0 bridgehead atoms. The van der Waals surface area contributed by atoms with Crippen molar-refractivity contribution < 1.29 is 14.7 Å². The Kier molecular flexibility index (Phi) is 4.43. The number of H-pyrrole nitrogens is 1. The van der Waals surface area contributed by atoms with Crippen LogP contribution in [0.1, 0.15) is 32.1 Å². The maximum absolute atomic E-state index is 12.4. The first-order valence-corrected chi connectivity index (χ1v) is 8.15. The quantitative estimate of drug-likeness (QED) is 0.707. The molecule has 8 nitrogen and oxygen atoms in total. The summed E-state index contributed by atoms with van der Waals surface area (Å²) in [6.45, 7) is 0.0217. The molecule has 0 unspecified atom stereocenters. The van der Waals surface area contributed by atoms with E-state index in [0.717, 1.165) is 11.1 Å². The number of nitrogens with zero attached hydrogens (tertiary/aromatic N) is 1. The van der Waals surface area contributed by atoms with Gasteiger partial charge in [0, 0.05) is 6.42 Å². The molecule has 132 valence electrons. The van der Waals surface area contributed by atoms with Gasteiger partial charge in [-0.3, -0.25) is 24.3 Å². The maximum Gasteiger partial charge on any atom is 0.305 e. The first-order valence-electron chi connectivity index (χ1n) is 8.15. The number of carboxylic acid groups (broad SMARTS) is 1. The first kappa shape index (κ1) is 16.9. The molecule has 8 heteroatoms. The van der Waals surface area contributed by atoms with E-state index < -0.39 is 17.1 Å². The number of fused-ring (bicyclic) bond motifs is 1. The number of carbonyl (C=O) groups is 2. The zero-order valence-corrected chi connectivity index (χ0v) is 13.6. The van der Waals surface area contributed by atoms with Gasteiger partial charge in [0.25, 0.3) is 11.1 Å². The van der Waals surface area contributed by atoms with Crippen LogP contribution in [0.4, 0.5) is 0 Å². The second kappa shape index (κ2) is 6.54. The SMILES string of the molecule is O=C(O)CC1(NC(=O)CCn2[nH]c(=O)c3ccccc3c2=O)CCC1. The Balaban J connectivity index is 1.71. The van der Waals surface area contributed by atoms with Gasteiger partial charge in [0.15, 0.2) is 0 Å². The van der Waals surface area contributed by atoms with Crippen LogP contribution in [0, 0.1) is 0 Å². The average Bonchev–Trinajstić information content (AvgIpc) is 2.54. The number of carboxylic acids is 1. The molecule has 1 aliphatic rings. The van der Waals surface area contributed by atoms with Crippen LogP contribution in [0.25, 0.3) is 10.8 Å². The van der Waals surface area contributed by atoms with Crippen LogP contribution >= 0.6 is 0 Å². The molecule has 0 saturated heterocycles. The summed E-state index contributed by atoms with van der Waals surface area (Å²) in [6.07, 6.45) is 2.03. The van der Waals surface area contributed by atoms with Gasteiger partial charge in [-0.15, -0.1) is 0 Å². The summed E-state index contributed by atoms with van der Waals surface area (Å²) in [4.78, 5) is 47.5. The number of aliphatic carboxylic acids is 1. The fraction of sp³-hybridized carbons (Fsp3) is 0.412. The Morgan fingerprint density at radius 2 is 1.88 bits per heavy atom. The third kappa shape index (κ3) is 3.47. The highest BCUT2D eigenvalue weighted by Crippen LogP contribution is 2.34. The second-order valence-electron chi connectivity index (χ2n) is 6.45. The Morgan fingerprint density at radius 1 is 1.20 bits per heavy atom. The van der Waals surface area contributed by atoms with Gasteiger partial charge in [-0.2, -0.15) is 0 Å². The van der Waals surface area contributed by atoms with E-state index in [2.05, 4.69) is 10.4 Å². The Labute approximate surface area is 142 Å². The second-order valence-corrected chi connectivity index (χ2v) is 6.45. The van der Waals surface area contributed by atoms with Gasteiger partial charge in [-0.1, -0.05) is 12.1 Å². The molecule has 2 aromatic rings. The van der Waals surface area contributed by atoms with Gasteiger partial charge in [-0.05, 0) is 31.4 Å². The number of hydrogen-bond acceptors (Lipinski definition) is 4.